The summed E-state index contributed by atoms with van der Waals surface area (Å²) < 4.78 is 5.23. The fraction of sp³-hybridized carbons (Fsp3) is 0.276. The largest absolute Gasteiger partial charge is 0.497 e. The number of hydrogen-bond donors (Lipinski definition) is 2. The van der Waals surface area contributed by atoms with Gasteiger partial charge in [-0.3, -0.25) is 9.59 Å². The van der Waals surface area contributed by atoms with Crippen molar-refractivity contribution in [2.75, 3.05) is 20.2 Å². The number of piperidine rings is 1. The average Bonchev–Trinajstić information content (AvgIpc) is 2.92. The number of aliphatic carboxylic acids is 1. The minimum atomic E-state index is -1.15. The number of carboxylic acid groups (broad SMARTS) is 1. The molecular weight excluding hydrogens is 527 g/mol. The predicted octanol–water partition coefficient (Wildman–Crippen LogP) is 5.45. The first kappa shape index (κ1) is 27.5. The Labute approximate surface area is 231 Å². The molecule has 0 bridgehead atoms. The van der Waals surface area contributed by atoms with Crippen molar-refractivity contribution in [2.24, 2.45) is 0 Å². The van der Waals surface area contributed by atoms with E-state index < -0.39 is 17.9 Å². The van der Waals surface area contributed by atoms with Crippen LogP contribution in [0.5, 0.6) is 5.75 Å². The fourth-order valence-electron chi connectivity index (χ4n) is 4.66. The zero-order chi connectivity index (χ0) is 27.2. The normalized spacial score (nSPS) is 14.6. The zero-order valence-corrected chi connectivity index (χ0v) is 22.3. The highest BCUT2D eigenvalue weighted by atomic mass is 35.5. The smallest absolute Gasteiger partial charge is 0.326 e. The zero-order valence-electron chi connectivity index (χ0n) is 20.8. The lowest BCUT2D eigenvalue weighted by atomic mass is 9.88. The molecule has 1 aliphatic rings. The van der Waals surface area contributed by atoms with Crippen LogP contribution in [0.25, 0.3) is 0 Å². The SMILES string of the molecule is COc1cccc(C(=O)N2CCC(c3ccc(C[C@H](NC(=O)c4c(Cl)cccc4Cl)C(=O)O)cc3)CC2)c1. The predicted molar refractivity (Wildman–Crippen MR) is 146 cm³/mol. The van der Waals surface area contributed by atoms with Crippen LogP contribution in [-0.4, -0.2) is 54.0 Å². The third-order valence-corrected chi connectivity index (χ3v) is 7.41. The second kappa shape index (κ2) is 12.3. The van der Waals surface area contributed by atoms with Crippen molar-refractivity contribution in [1.29, 1.82) is 0 Å². The first-order valence-corrected chi connectivity index (χ1v) is 13.0. The number of hydrogen-bond acceptors (Lipinski definition) is 4. The van der Waals surface area contributed by atoms with Crippen molar-refractivity contribution < 1.29 is 24.2 Å². The second-order valence-corrected chi connectivity index (χ2v) is 10.0. The second-order valence-electron chi connectivity index (χ2n) is 9.21. The molecule has 4 rings (SSSR count). The molecule has 2 N–H and O–H groups in total. The summed E-state index contributed by atoms with van der Waals surface area (Å²) in [7, 11) is 1.58. The van der Waals surface area contributed by atoms with Gasteiger partial charge in [-0.05, 0) is 60.2 Å². The number of carbonyl (C=O) groups is 3. The number of methoxy groups -OCH3 is 1. The number of halogens is 2. The molecule has 0 saturated carbocycles. The summed E-state index contributed by atoms with van der Waals surface area (Å²) in [5, 5.41) is 12.5. The monoisotopic (exact) mass is 554 g/mol. The molecule has 2 amide bonds. The number of carboxylic acids is 1. The maximum Gasteiger partial charge on any atom is 0.326 e. The molecule has 0 unspecified atom stereocenters. The fourth-order valence-corrected chi connectivity index (χ4v) is 5.23. The van der Waals surface area contributed by atoms with Crippen molar-refractivity contribution in [3.63, 3.8) is 0 Å². The maximum atomic E-state index is 12.9. The molecule has 1 fully saturated rings. The number of carbonyl (C=O) groups excluding carboxylic acids is 2. The van der Waals surface area contributed by atoms with Gasteiger partial charge < -0.3 is 20.1 Å². The van der Waals surface area contributed by atoms with Crippen molar-refractivity contribution in [1.82, 2.24) is 10.2 Å². The van der Waals surface area contributed by atoms with Crippen LogP contribution in [0, 0.1) is 0 Å². The molecule has 3 aromatic carbocycles. The van der Waals surface area contributed by atoms with Gasteiger partial charge in [-0.2, -0.15) is 0 Å². The van der Waals surface area contributed by atoms with Crippen LogP contribution < -0.4 is 10.1 Å². The van der Waals surface area contributed by atoms with Crippen LogP contribution >= 0.6 is 23.2 Å². The van der Waals surface area contributed by atoms with Gasteiger partial charge in [0.15, 0.2) is 0 Å². The molecule has 1 saturated heterocycles. The van der Waals surface area contributed by atoms with Gasteiger partial charge in [0.05, 0.1) is 22.7 Å². The lowest BCUT2D eigenvalue weighted by Crippen LogP contribution is -2.42. The van der Waals surface area contributed by atoms with E-state index >= 15 is 0 Å². The Balaban J connectivity index is 1.35. The summed E-state index contributed by atoms with van der Waals surface area (Å²) in [4.78, 5) is 39.3. The van der Waals surface area contributed by atoms with E-state index in [-0.39, 0.29) is 27.9 Å². The first-order valence-electron chi connectivity index (χ1n) is 12.3. The summed E-state index contributed by atoms with van der Waals surface area (Å²) in [6.07, 6.45) is 1.78. The molecular formula is C29H28Cl2N2O5. The highest BCUT2D eigenvalue weighted by Gasteiger charge is 2.26. The molecule has 0 radical (unpaired) electrons. The summed E-state index contributed by atoms with van der Waals surface area (Å²) in [6.45, 7) is 1.31. The lowest BCUT2D eigenvalue weighted by Gasteiger charge is -2.32. The van der Waals surface area contributed by atoms with E-state index in [1.165, 1.54) is 12.1 Å². The van der Waals surface area contributed by atoms with Gasteiger partial charge in [0, 0.05) is 25.1 Å². The minimum absolute atomic E-state index is 0.00228. The highest BCUT2D eigenvalue weighted by molar-refractivity contribution is 6.39. The van der Waals surface area contributed by atoms with Gasteiger partial charge in [-0.25, -0.2) is 4.79 Å². The summed E-state index contributed by atoms with van der Waals surface area (Å²) in [5.41, 5.74) is 2.58. The van der Waals surface area contributed by atoms with Crippen molar-refractivity contribution in [3.05, 3.63) is 99.0 Å². The van der Waals surface area contributed by atoms with E-state index in [1.807, 2.05) is 41.3 Å². The molecule has 9 heteroatoms. The van der Waals surface area contributed by atoms with E-state index in [0.29, 0.717) is 30.3 Å². The first-order chi connectivity index (χ1) is 18.3. The van der Waals surface area contributed by atoms with Crippen LogP contribution in [0.3, 0.4) is 0 Å². The molecule has 1 heterocycles. The van der Waals surface area contributed by atoms with Crippen molar-refractivity contribution >= 4 is 41.0 Å². The Bertz CT molecular complexity index is 1300. The van der Waals surface area contributed by atoms with Gasteiger partial charge in [-0.1, -0.05) is 59.6 Å². The van der Waals surface area contributed by atoms with Gasteiger partial charge >= 0.3 is 5.97 Å². The number of nitrogens with zero attached hydrogens (tertiary/aromatic N) is 1. The van der Waals surface area contributed by atoms with Gasteiger partial charge in [-0.15, -0.1) is 0 Å². The summed E-state index contributed by atoms with van der Waals surface area (Å²) >= 11 is 12.2. The van der Waals surface area contributed by atoms with Crippen molar-refractivity contribution in [3.8, 4) is 5.75 Å². The maximum absolute atomic E-state index is 12.9. The molecule has 0 aliphatic carbocycles. The molecule has 7 nitrogen and oxygen atoms in total. The van der Waals surface area contributed by atoms with E-state index in [0.717, 1.165) is 24.0 Å². The Hall–Kier alpha value is -3.55. The molecule has 1 atom stereocenters. The summed E-state index contributed by atoms with van der Waals surface area (Å²) in [6, 6.07) is 18.4. The molecule has 0 spiro atoms. The standard InChI is InChI=1S/C29H28Cl2N2O5/c1-38-22-5-2-4-21(17-22)28(35)33-14-12-20(13-15-33)19-10-8-18(9-11-19)16-25(29(36)37)32-27(34)26-23(30)6-3-7-24(26)31/h2-11,17,20,25H,12-16H2,1H3,(H,32,34)(H,36,37)/t25-/m0/s1. The quantitative estimate of drug-likeness (QED) is 0.386. The van der Waals surface area contributed by atoms with E-state index in [9.17, 15) is 19.5 Å². The Kier molecular flexibility index (Phi) is 8.92. The van der Waals surface area contributed by atoms with Gasteiger partial charge in [0.1, 0.15) is 11.8 Å². The number of benzene rings is 3. The van der Waals surface area contributed by atoms with E-state index in [4.69, 9.17) is 27.9 Å². The number of nitrogens with one attached hydrogen (secondary N) is 1. The van der Waals surface area contributed by atoms with Crippen molar-refractivity contribution in [2.45, 2.75) is 31.2 Å². The van der Waals surface area contributed by atoms with Gasteiger partial charge in [0.2, 0.25) is 0 Å². The Morgan fingerprint density at radius 1 is 1.00 bits per heavy atom. The topological polar surface area (TPSA) is 95.9 Å². The average molecular weight is 555 g/mol. The third-order valence-electron chi connectivity index (χ3n) is 6.78. The summed E-state index contributed by atoms with van der Waals surface area (Å²) in [5.74, 6) is -0.838. The van der Waals surface area contributed by atoms with E-state index in [1.54, 1.807) is 25.3 Å². The lowest BCUT2D eigenvalue weighted by molar-refractivity contribution is -0.139. The Morgan fingerprint density at radius 2 is 1.63 bits per heavy atom. The number of likely N-dealkylation sites (tertiary alicyclic amines) is 1. The minimum Gasteiger partial charge on any atom is -0.497 e. The number of rotatable bonds is 8. The van der Waals surface area contributed by atoms with Crippen LogP contribution in [0.4, 0.5) is 0 Å². The van der Waals surface area contributed by atoms with E-state index in [2.05, 4.69) is 5.32 Å². The van der Waals surface area contributed by atoms with Crippen LogP contribution in [-0.2, 0) is 11.2 Å². The molecule has 198 valence electrons. The Morgan fingerprint density at radius 3 is 2.24 bits per heavy atom. The van der Waals surface area contributed by atoms with Crippen LogP contribution in [0.15, 0.2) is 66.7 Å². The highest BCUT2D eigenvalue weighted by Crippen LogP contribution is 2.29. The number of amides is 2. The molecule has 1 aliphatic heterocycles. The molecule has 3 aromatic rings. The van der Waals surface area contributed by atoms with Crippen LogP contribution in [0.1, 0.15) is 50.6 Å². The van der Waals surface area contributed by atoms with Crippen LogP contribution in [0.2, 0.25) is 10.0 Å². The molecule has 38 heavy (non-hydrogen) atoms. The van der Waals surface area contributed by atoms with Gasteiger partial charge in [0.25, 0.3) is 11.8 Å². The number of ether oxygens (including phenoxy) is 1. The molecule has 0 aromatic heterocycles. The third kappa shape index (κ3) is 6.47.